The zero-order valence-electron chi connectivity index (χ0n) is 18.7. The van der Waals surface area contributed by atoms with Crippen LogP contribution in [0.25, 0.3) is 11.1 Å². The lowest BCUT2D eigenvalue weighted by Crippen LogP contribution is -2.31. The second-order valence-electron chi connectivity index (χ2n) is 7.81. The lowest BCUT2D eigenvalue weighted by molar-refractivity contribution is 0.0985. The van der Waals surface area contributed by atoms with Gasteiger partial charge in [0, 0.05) is 28.1 Å². The molecule has 7 nitrogen and oxygen atoms in total. The number of carbonyl (C=O) groups is 2. The number of fused-ring (bicyclic) bond motifs is 3. The van der Waals surface area contributed by atoms with Gasteiger partial charge in [0.2, 0.25) is 0 Å². The van der Waals surface area contributed by atoms with Crippen LogP contribution in [-0.4, -0.2) is 22.9 Å². The minimum Gasteiger partial charge on any atom is -0.408 e. The number of anilines is 2. The Morgan fingerprint density at radius 2 is 1.91 bits per heavy atom. The van der Waals surface area contributed by atoms with Crippen LogP contribution in [0.15, 0.2) is 73.6 Å². The molecule has 0 fully saturated rings. The maximum atomic E-state index is 14.0. The van der Waals surface area contributed by atoms with Crippen LogP contribution in [0.3, 0.4) is 0 Å². The van der Waals surface area contributed by atoms with Gasteiger partial charge in [-0.1, -0.05) is 17.7 Å². The molecule has 4 aromatic rings. The first-order chi connectivity index (χ1) is 16.9. The Bertz CT molecular complexity index is 1640. The summed E-state index contributed by atoms with van der Waals surface area (Å²) >= 11 is 1.25. The van der Waals surface area contributed by atoms with Gasteiger partial charge >= 0.3 is 5.76 Å². The molecule has 1 aliphatic rings. The van der Waals surface area contributed by atoms with Gasteiger partial charge in [0.1, 0.15) is 5.82 Å². The van der Waals surface area contributed by atoms with Crippen LogP contribution in [0, 0.1) is 17.7 Å². The third kappa shape index (κ3) is 4.09. The highest BCUT2D eigenvalue weighted by molar-refractivity contribution is 7.99. The van der Waals surface area contributed by atoms with E-state index in [0.29, 0.717) is 43.4 Å². The summed E-state index contributed by atoms with van der Waals surface area (Å²) in [5.74, 6) is 4.11. The topological polar surface area (TPSA) is 84.6 Å². The molecule has 1 aliphatic heterocycles. The van der Waals surface area contributed by atoms with Crippen molar-refractivity contribution in [3.63, 3.8) is 0 Å². The van der Waals surface area contributed by atoms with E-state index in [4.69, 9.17) is 4.42 Å². The number of aromatic nitrogens is 1. The van der Waals surface area contributed by atoms with Crippen molar-refractivity contribution >= 4 is 46.1 Å². The average Bonchev–Trinajstić information content (AvgIpc) is 3.06. The number of hydrogen-bond acceptors (Lipinski definition) is 5. The SMILES string of the molecule is CC#CCN1C(=O)c2ccc(F)cc2Sc2cc(NC(=O)c3ccc4oc(=O)n(C)c4c3)ccc21. The second-order valence-corrected chi connectivity index (χ2v) is 8.89. The summed E-state index contributed by atoms with van der Waals surface area (Å²) < 4.78 is 20.4. The van der Waals surface area contributed by atoms with Crippen LogP contribution in [0.5, 0.6) is 0 Å². The molecule has 0 bridgehead atoms. The molecule has 0 radical (unpaired) electrons. The molecule has 0 saturated heterocycles. The first-order valence-corrected chi connectivity index (χ1v) is 11.4. The Morgan fingerprint density at radius 1 is 1.09 bits per heavy atom. The first kappa shape index (κ1) is 22.5. The molecule has 1 N–H and O–H groups in total. The lowest BCUT2D eigenvalue weighted by Gasteiger charge is -2.21. The molecule has 174 valence electrons. The van der Waals surface area contributed by atoms with E-state index in [9.17, 15) is 18.8 Å². The van der Waals surface area contributed by atoms with Gasteiger partial charge in [-0.25, -0.2) is 9.18 Å². The van der Waals surface area contributed by atoms with E-state index >= 15 is 0 Å². The number of carbonyl (C=O) groups excluding carboxylic acids is 2. The minimum atomic E-state index is -0.510. The molecule has 0 saturated carbocycles. The number of halogens is 1. The summed E-state index contributed by atoms with van der Waals surface area (Å²) in [5, 5.41) is 2.85. The third-order valence-corrected chi connectivity index (χ3v) is 6.72. The van der Waals surface area contributed by atoms with Gasteiger partial charge in [0.25, 0.3) is 11.8 Å². The van der Waals surface area contributed by atoms with Crippen LogP contribution < -0.4 is 16.0 Å². The van der Waals surface area contributed by atoms with Gasteiger partial charge in [-0.3, -0.25) is 19.1 Å². The van der Waals surface area contributed by atoms with E-state index in [1.165, 1.54) is 34.5 Å². The van der Waals surface area contributed by atoms with Gasteiger partial charge in [-0.2, -0.15) is 0 Å². The molecular formula is C26H18FN3O4S. The Morgan fingerprint density at radius 3 is 2.71 bits per heavy atom. The summed E-state index contributed by atoms with van der Waals surface area (Å²) in [6.07, 6.45) is 0. The number of nitrogens with one attached hydrogen (secondary N) is 1. The molecule has 35 heavy (non-hydrogen) atoms. The predicted molar refractivity (Wildman–Crippen MR) is 131 cm³/mol. The highest BCUT2D eigenvalue weighted by Crippen LogP contribution is 2.42. The van der Waals surface area contributed by atoms with Gasteiger partial charge < -0.3 is 9.73 Å². The van der Waals surface area contributed by atoms with E-state index in [1.807, 2.05) is 0 Å². The highest BCUT2D eigenvalue weighted by atomic mass is 32.2. The number of nitrogens with zero attached hydrogens (tertiary/aromatic N) is 2. The summed E-state index contributed by atoms with van der Waals surface area (Å²) in [6.45, 7) is 1.87. The fraction of sp³-hybridized carbons (Fsp3) is 0.115. The third-order valence-electron chi connectivity index (χ3n) is 5.62. The standard InChI is InChI=1S/C26H18FN3O4S/c1-3-4-11-30-19-9-7-17(14-23(19)35-22-13-16(27)6-8-18(22)25(30)32)28-24(31)15-5-10-21-20(12-15)29(2)26(33)34-21/h5-10,12-14H,11H2,1-2H3,(H,28,31). The Labute approximate surface area is 203 Å². The Hall–Kier alpha value is -4.29. The number of benzene rings is 3. The lowest BCUT2D eigenvalue weighted by atomic mass is 10.1. The molecule has 1 aromatic heterocycles. The molecule has 2 amide bonds. The van der Waals surface area contributed by atoms with Crippen molar-refractivity contribution in [3.05, 3.63) is 82.1 Å². The number of aryl methyl sites for hydroxylation is 1. The summed E-state index contributed by atoms with van der Waals surface area (Å²) in [6, 6.07) is 13.9. The van der Waals surface area contributed by atoms with Crippen LogP contribution in [-0.2, 0) is 7.05 Å². The van der Waals surface area contributed by atoms with Crippen molar-refractivity contribution in [1.29, 1.82) is 0 Å². The van der Waals surface area contributed by atoms with Crippen molar-refractivity contribution in [2.24, 2.45) is 7.05 Å². The number of oxazole rings is 1. The molecule has 0 spiro atoms. The van der Waals surface area contributed by atoms with E-state index in [-0.39, 0.29) is 18.4 Å². The van der Waals surface area contributed by atoms with Crippen LogP contribution >= 0.6 is 11.8 Å². The Balaban J connectivity index is 1.51. The van der Waals surface area contributed by atoms with Crippen molar-refractivity contribution in [3.8, 4) is 11.8 Å². The molecule has 9 heteroatoms. The number of hydrogen-bond donors (Lipinski definition) is 1. The predicted octanol–water partition coefficient (Wildman–Crippen LogP) is 4.66. The fourth-order valence-corrected chi connectivity index (χ4v) is 4.96. The highest BCUT2D eigenvalue weighted by Gasteiger charge is 2.27. The monoisotopic (exact) mass is 487 g/mol. The number of rotatable bonds is 3. The van der Waals surface area contributed by atoms with Crippen molar-refractivity contribution in [1.82, 2.24) is 4.57 Å². The van der Waals surface area contributed by atoms with E-state index in [0.717, 1.165) is 0 Å². The van der Waals surface area contributed by atoms with Crippen molar-refractivity contribution in [2.75, 3.05) is 16.8 Å². The second kappa shape index (κ2) is 8.81. The normalized spacial score (nSPS) is 12.4. The van der Waals surface area contributed by atoms with Crippen molar-refractivity contribution in [2.45, 2.75) is 16.7 Å². The molecule has 3 aromatic carbocycles. The van der Waals surface area contributed by atoms with Crippen LogP contribution in [0.2, 0.25) is 0 Å². The average molecular weight is 488 g/mol. The molecule has 0 aliphatic carbocycles. The van der Waals surface area contributed by atoms with Gasteiger partial charge in [0.15, 0.2) is 5.58 Å². The van der Waals surface area contributed by atoms with Gasteiger partial charge in [-0.15, -0.1) is 5.92 Å². The summed E-state index contributed by atoms with van der Waals surface area (Å²) in [5.41, 5.74) is 2.74. The minimum absolute atomic E-state index is 0.175. The summed E-state index contributed by atoms with van der Waals surface area (Å²) in [7, 11) is 1.57. The molecular weight excluding hydrogens is 469 g/mol. The number of amides is 2. The fourth-order valence-electron chi connectivity index (χ4n) is 3.81. The Kier molecular flexibility index (Phi) is 5.67. The zero-order valence-corrected chi connectivity index (χ0v) is 19.5. The largest absolute Gasteiger partial charge is 0.419 e. The van der Waals surface area contributed by atoms with Crippen LogP contribution in [0.4, 0.5) is 15.8 Å². The molecule has 5 rings (SSSR count). The van der Waals surface area contributed by atoms with Gasteiger partial charge in [-0.05, 0) is 61.5 Å². The van der Waals surface area contributed by atoms with Crippen LogP contribution in [0.1, 0.15) is 27.6 Å². The maximum absolute atomic E-state index is 14.0. The quantitative estimate of drug-likeness (QED) is 0.425. The van der Waals surface area contributed by atoms with E-state index in [2.05, 4.69) is 17.2 Å². The molecule has 0 unspecified atom stereocenters. The molecule has 0 atom stereocenters. The van der Waals surface area contributed by atoms with E-state index in [1.54, 1.807) is 55.3 Å². The zero-order chi connectivity index (χ0) is 24.7. The van der Waals surface area contributed by atoms with E-state index < -0.39 is 11.6 Å². The smallest absolute Gasteiger partial charge is 0.408 e. The molecule has 2 heterocycles. The maximum Gasteiger partial charge on any atom is 0.419 e. The first-order valence-electron chi connectivity index (χ1n) is 10.6. The van der Waals surface area contributed by atoms with Crippen molar-refractivity contribution < 1.29 is 18.4 Å². The summed E-state index contributed by atoms with van der Waals surface area (Å²) in [4.78, 5) is 40.6. The van der Waals surface area contributed by atoms with Gasteiger partial charge in [0.05, 0.1) is 23.3 Å².